The molecule has 0 aliphatic carbocycles. The van der Waals surface area contributed by atoms with Crippen LogP contribution < -0.4 is 0 Å². The second-order valence-electron chi connectivity index (χ2n) is 4.31. The van der Waals surface area contributed by atoms with Gasteiger partial charge in [-0.05, 0) is 54.5 Å². The number of benzene rings is 2. The fraction of sp³-hybridized carbons (Fsp3) is 0.176. The van der Waals surface area contributed by atoms with Gasteiger partial charge in [-0.1, -0.05) is 42.5 Å². The van der Waals surface area contributed by atoms with Crippen molar-refractivity contribution in [3.8, 4) is 11.1 Å². The van der Waals surface area contributed by atoms with Crippen LogP contribution in [0.5, 0.6) is 0 Å². The Bertz CT molecular complexity index is 577. The fourth-order valence-corrected chi connectivity index (χ4v) is 2.56. The van der Waals surface area contributed by atoms with E-state index in [1.807, 2.05) is 6.92 Å². The summed E-state index contributed by atoms with van der Waals surface area (Å²) in [7, 11) is 0. The lowest BCUT2D eigenvalue weighted by Crippen LogP contribution is -1.85. The van der Waals surface area contributed by atoms with Gasteiger partial charge < -0.3 is 11.0 Å². The number of hydrogen-bond acceptors (Lipinski definition) is 1. The topological polar surface area (TPSA) is 63.0 Å². The lowest BCUT2D eigenvalue weighted by atomic mass is 9.98. The Morgan fingerprint density at radius 3 is 2.35 bits per heavy atom. The molecule has 20 heavy (non-hydrogen) atoms. The molecule has 2 nitrogen and oxygen atoms in total. The van der Waals surface area contributed by atoms with Gasteiger partial charge in [0.1, 0.15) is 0 Å². The summed E-state index contributed by atoms with van der Waals surface area (Å²) in [6, 6.07) is 15.3. The molecule has 4 N–H and O–H groups in total. The molecule has 0 atom stereocenters. The van der Waals surface area contributed by atoms with E-state index in [2.05, 4.69) is 67.8 Å². The monoisotopic (exact) mass is 290 g/mol. The van der Waals surface area contributed by atoms with E-state index in [-0.39, 0.29) is 11.0 Å². The summed E-state index contributed by atoms with van der Waals surface area (Å²) < 4.78 is 0. The third-order valence-corrected chi connectivity index (χ3v) is 3.72. The molecule has 3 heteroatoms. The van der Waals surface area contributed by atoms with E-state index < -0.39 is 0 Å². The SMILES string of the molecule is C/C=C/c1ccc(-c2cccc(SC)c2)c(C)c1.O.O. The van der Waals surface area contributed by atoms with Crippen molar-refractivity contribution in [2.24, 2.45) is 0 Å². The Kier molecular flexibility index (Phi) is 7.92. The van der Waals surface area contributed by atoms with Crippen molar-refractivity contribution in [2.45, 2.75) is 18.7 Å². The fourth-order valence-electron chi connectivity index (χ4n) is 2.10. The second kappa shape index (κ2) is 8.59. The zero-order valence-corrected chi connectivity index (χ0v) is 12.9. The van der Waals surface area contributed by atoms with E-state index in [0.717, 1.165) is 0 Å². The summed E-state index contributed by atoms with van der Waals surface area (Å²) in [6.07, 6.45) is 6.32. The van der Waals surface area contributed by atoms with Crippen LogP contribution in [0.2, 0.25) is 0 Å². The molecule has 2 aromatic carbocycles. The highest BCUT2D eigenvalue weighted by Crippen LogP contribution is 2.27. The summed E-state index contributed by atoms with van der Waals surface area (Å²) in [4.78, 5) is 1.31. The first-order chi connectivity index (χ1) is 8.74. The van der Waals surface area contributed by atoms with E-state index in [0.29, 0.717) is 0 Å². The predicted molar refractivity (Wildman–Crippen MR) is 90.3 cm³/mol. The third kappa shape index (κ3) is 4.23. The van der Waals surface area contributed by atoms with Crippen molar-refractivity contribution in [3.63, 3.8) is 0 Å². The van der Waals surface area contributed by atoms with Crippen LogP contribution in [0.25, 0.3) is 17.2 Å². The summed E-state index contributed by atoms with van der Waals surface area (Å²) in [5.41, 5.74) is 5.20. The van der Waals surface area contributed by atoms with E-state index >= 15 is 0 Å². The average molecular weight is 290 g/mol. The van der Waals surface area contributed by atoms with Crippen molar-refractivity contribution in [3.05, 3.63) is 59.7 Å². The lowest BCUT2D eigenvalue weighted by molar-refractivity contribution is 0.823. The van der Waals surface area contributed by atoms with Crippen LogP contribution in [-0.4, -0.2) is 17.2 Å². The number of rotatable bonds is 3. The number of hydrogen-bond donors (Lipinski definition) is 0. The average Bonchev–Trinajstić information content (AvgIpc) is 2.39. The van der Waals surface area contributed by atoms with Gasteiger partial charge in [0.2, 0.25) is 0 Å². The molecular weight excluding hydrogens is 268 g/mol. The zero-order valence-electron chi connectivity index (χ0n) is 12.1. The highest BCUT2D eigenvalue weighted by atomic mass is 32.2. The van der Waals surface area contributed by atoms with Crippen LogP contribution in [0.15, 0.2) is 53.4 Å². The largest absolute Gasteiger partial charge is 0.412 e. The molecule has 0 fully saturated rings. The molecular formula is C17H22O2S. The number of allylic oxidation sites excluding steroid dienone is 1. The van der Waals surface area contributed by atoms with E-state index in [9.17, 15) is 0 Å². The highest BCUT2D eigenvalue weighted by molar-refractivity contribution is 7.98. The summed E-state index contributed by atoms with van der Waals surface area (Å²) in [5, 5.41) is 0. The number of thioether (sulfide) groups is 1. The van der Waals surface area contributed by atoms with Gasteiger partial charge in [0, 0.05) is 4.90 Å². The summed E-state index contributed by atoms with van der Waals surface area (Å²) in [6.45, 7) is 4.22. The smallest absolute Gasteiger partial charge is 0.00752 e. The maximum Gasteiger partial charge on any atom is 0.00752 e. The molecule has 0 heterocycles. The quantitative estimate of drug-likeness (QED) is 0.794. The minimum Gasteiger partial charge on any atom is -0.412 e. The molecule has 108 valence electrons. The Morgan fingerprint density at radius 1 is 1.00 bits per heavy atom. The van der Waals surface area contributed by atoms with Gasteiger partial charge in [0.15, 0.2) is 0 Å². The van der Waals surface area contributed by atoms with Crippen LogP contribution >= 0.6 is 11.8 Å². The Balaban J connectivity index is 0.00000180. The first kappa shape index (κ1) is 18.4. The van der Waals surface area contributed by atoms with Crippen LogP contribution in [0, 0.1) is 6.92 Å². The van der Waals surface area contributed by atoms with Gasteiger partial charge in [0.05, 0.1) is 0 Å². The Morgan fingerprint density at radius 2 is 1.75 bits per heavy atom. The molecule has 0 aliphatic heterocycles. The van der Waals surface area contributed by atoms with E-state index in [1.165, 1.54) is 27.1 Å². The standard InChI is InChI=1S/C17H18S.2H2O/c1-4-6-14-9-10-17(13(2)11-14)15-7-5-8-16(12-15)18-3;;/h4-12H,1-3H3;2*1H2/b6-4+;;. The molecule has 0 bridgehead atoms. The molecule has 2 rings (SSSR count). The first-order valence-corrected chi connectivity index (χ1v) is 7.35. The highest BCUT2D eigenvalue weighted by Gasteiger charge is 2.03. The minimum atomic E-state index is 0. The second-order valence-corrected chi connectivity index (χ2v) is 5.19. The van der Waals surface area contributed by atoms with Crippen molar-refractivity contribution in [1.29, 1.82) is 0 Å². The van der Waals surface area contributed by atoms with Gasteiger partial charge in [-0.3, -0.25) is 0 Å². The molecule has 0 unspecified atom stereocenters. The normalized spacial score (nSPS) is 9.95. The van der Waals surface area contributed by atoms with Crippen LogP contribution in [-0.2, 0) is 0 Å². The molecule has 0 radical (unpaired) electrons. The molecule has 0 spiro atoms. The van der Waals surface area contributed by atoms with Crippen molar-refractivity contribution in [1.82, 2.24) is 0 Å². The Hall–Kier alpha value is -1.55. The third-order valence-electron chi connectivity index (χ3n) is 2.99. The lowest BCUT2D eigenvalue weighted by Gasteiger charge is -2.08. The maximum absolute atomic E-state index is 2.25. The van der Waals surface area contributed by atoms with Gasteiger partial charge in [-0.2, -0.15) is 0 Å². The minimum absolute atomic E-state index is 0. The van der Waals surface area contributed by atoms with Crippen molar-refractivity contribution >= 4 is 17.8 Å². The maximum atomic E-state index is 2.25. The number of aryl methyl sites for hydroxylation is 1. The van der Waals surface area contributed by atoms with Gasteiger partial charge in [-0.25, -0.2) is 0 Å². The first-order valence-electron chi connectivity index (χ1n) is 6.12. The molecule has 0 saturated carbocycles. The zero-order chi connectivity index (χ0) is 13.0. The van der Waals surface area contributed by atoms with E-state index in [4.69, 9.17) is 0 Å². The molecule has 0 aromatic heterocycles. The van der Waals surface area contributed by atoms with Gasteiger partial charge in [0.25, 0.3) is 0 Å². The molecule has 0 aliphatic rings. The van der Waals surface area contributed by atoms with Crippen molar-refractivity contribution in [2.75, 3.05) is 6.26 Å². The molecule has 0 amide bonds. The van der Waals surface area contributed by atoms with Crippen LogP contribution in [0.4, 0.5) is 0 Å². The summed E-state index contributed by atoms with van der Waals surface area (Å²) in [5.74, 6) is 0. The summed E-state index contributed by atoms with van der Waals surface area (Å²) >= 11 is 1.78. The van der Waals surface area contributed by atoms with Crippen LogP contribution in [0.1, 0.15) is 18.1 Å². The predicted octanol–water partition coefficient (Wildman–Crippen LogP) is 3.77. The van der Waals surface area contributed by atoms with Gasteiger partial charge in [-0.15, -0.1) is 11.8 Å². The molecule has 2 aromatic rings. The molecule has 0 saturated heterocycles. The van der Waals surface area contributed by atoms with Crippen molar-refractivity contribution < 1.29 is 11.0 Å². The Labute approximate surface area is 125 Å². The van der Waals surface area contributed by atoms with Crippen LogP contribution in [0.3, 0.4) is 0 Å². The van der Waals surface area contributed by atoms with E-state index in [1.54, 1.807) is 11.8 Å². The van der Waals surface area contributed by atoms with Gasteiger partial charge >= 0.3 is 0 Å².